The van der Waals surface area contributed by atoms with Gasteiger partial charge in [0.2, 0.25) is 5.95 Å². The fraction of sp³-hybridized carbons (Fsp3) is 0.548. The summed E-state index contributed by atoms with van der Waals surface area (Å²) in [5.41, 5.74) is 1.92. The van der Waals surface area contributed by atoms with E-state index in [2.05, 4.69) is 35.4 Å². The second kappa shape index (κ2) is 11.8. The van der Waals surface area contributed by atoms with Gasteiger partial charge in [0.05, 0.1) is 17.6 Å². The molecule has 1 fully saturated rings. The number of nitrogens with zero attached hydrogens (tertiary/aromatic N) is 2. The number of benzene rings is 2. The number of esters is 1. The fourth-order valence-electron chi connectivity index (χ4n) is 5.79. The lowest BCUT2D eigenvalue weighted by Crippen LogP contribution is -2.29. The van der Waals surface area contributed by atoms with Crippen molar-refractivity contribution in [3.8, 4) is 11.5 Å². The first-order chi connectivity index (χ1) is 19.1. The van der Waals surface area contributed by atoms with E-state index < -0.39 is 12.0 Å². The van der Waals surface area contributed by atoms with E-state index in [4.69, 9.17) is 14.5 Å². The molecule has 4 rings (SSSR count). The zero-order valence-corrected chi connectivity index (χ0v) is 24.6. The Kier molecular flexibility index (Phi) is 8.80. The summed E-state index contributed by atoms with van der Waals surface area (Å²) in [5.74, 6) is 1.24. The standard InChI is InChI=1S/C31H40F3N3O4/c1-20-16-22(19-30(5,6)18-20)37-26-14-13-24(39-15-7-8-27(38)41-29(2,3)4)17-25(26)36-28(37)35-21-9-11-23(12-10-21)40-31(32,33)34/h9-14,17,20,22H,7-8,15-16,18-19H2,1-6H3,(H,35,36)/t20-,22+/m0/s1. The van der Waals surface area contributed by atoms with E-state index in [1.165, 1.54) is 24.3 Å². The van der Waals surface area contributed by atoms with E-state index in [-0.39, 0.29) is 29.6 Å². The smallest absolute Gasteiger partial charge is 0.494 e. The van der Waals surface area contributed by atoms with Crippen molar-refractivity contribution in [2.24, 2.45) is 11.3 Å². The number of halogens is 3. The van der Waals surface area contributed by atoms with Gasteiger partial charge in [0.15, 0.2) is 0 Å². The number of carbonyl (C=O) groups excluding carboxylic acids is 1. The van der Waals surface area contributed by atoms with Crippen LogP contribution in [0.1, 0.15) is 79.7 Å². The molecule has 10 heteroatoms. The van der Waals surface area contributed by atoms with Gasteiger partial charge in [-0.25, -0.2) is 4.98 Å². The summed E-state index contributed by atoms with van der Waals surface area (Å²) in [7, 11) is 0. The molecule has 1 N–H and O–H groups in total. The summed E-state index contributed by atoms with van der Waals surface area (Å²) in [4.78, 5) is 16.9. The number of ether oxygens (including phenoxy) is 3. The van der Waals surface area contributed by atoms with Gasteiger partial charge in [-0.05, 0) is 94.2 Å². The van der Waals surface area contributed by atoms with Gasteiger partial charge >= 0.3 is 12.3 Å². The Morgan fingerprint density at radius 2 is 1.76 bits per heavy atom. The maximum Gasteiger partial charge on any atom is 0.573 e. The van der Waals surface area contributed by atoms with Crippen LogP contribution in [0.25, 0.3) is 11.0 Å². The second-order valence-corrected chi connectivity index (χ2v) is 12.8. The Morgan fingerprint density at radius 1 is 1.07 bits per heavy atom. The van der Waals surface area contributed by atoms with Crippen LogP contribution < -0.4 is 14.8 Å². The maximum absolute atomic E-state index is 12.6. The molecular weight excluding hydrogens is 535 g/mol. The monoisotopic (exact) mass is 575 g/mol. The molecule has 0 unspecified atom stereocenters. The van der Waals surface area contributed by atoms with Crippen molar-refractivity contribution >= 4 is 28.6 Å². The van der Waals surface area contributed by atoms with E-state index >= 15 is 0 Å². The summed E-state index contributed by atoms with van der Waals surface area (Å²) in [6, 6.07) is 11.6. The third-order valence-electron chi connectivity index (χ3n) is 6.95. The molecule has 2 aromatic carbocycles. The number of rotatable bonds is 9. The van der Waals surface area contributed by atoms with Crippen LogP contribution in [-0.2, 0) is 9.53 Å². The van der Waals surface area contributed by atoms with Gasteiger partial charge in [-0.2, -0.15) is 0 Å². The van der Waals surface area contributed by atoms with Gasteiger partial charge in [-0.1, -0.05) is 20.8 Å². The Hall–Kier alpha value is -3.43. The maximum atomic E-state index is 12.6. The van der Waals surface area contributed by atoms with Crippen LogP contribution in [0.5, 0.6) is 11.5 Å². The lowest BCUT2D eigenvalue weighted by molar-refractivity contribution is -0.274. The van der Waals surface area contributed by atoms with Crippen LogP contribution in [0.3, 0.4) is 0 Å². The molecule has 0 bridgehead atoms. The molecule has 1 aromatic heterocycles. The van der Waals surface area contributed by atoms with Crippen LogP contribution >= 0.6 is 0 Å². The minimum atomic E-state index is -4.75. The SMILES string of the molecule is C[C@H]1C[C@@H](n2c(Nc3ccc(OC(F)(F)F)cc3)nc3cc(OCCCC(=O)OC(C)(C)C)ccc32)CC(C)(C)C1. The minimum absolute atomic E-state index is 0.157. The molecule has 0 radical (unpaired) electrons. The molecule has 7 nitrogen and oxygen atoms in total. The Bertz CT molecular complexity index is 1340. The number of fused-ring (bicyclic) bond motifs is 1. The predicted molar refractivity (Wildman–Crippen MR) is 153 cm³/mol. The molecule has 0 amide bonds. The predicted octanol–water partition coefficient (Wildman–Crippen LogP) is 8.57. The fourth-order valence-corrected chi connectivity index (χ4v) is 5.79. The third kappa shape index (κ3) is 8.78. The Morgan fingerprint density at radius 3 is 2.39 bits per heavy atom. The molecule has 1 aliphatic carbocycles. The van der Waals surface area contributed by atoms with Crippen LogP contribution in [-0.4, -0.2) is 34.1 Å². The first kappa shape index (κ1) is 30.5. The van der Waals surface area contributed by atoms with E-state index in [1.54, 1.807) is 0 Å². The Labute approximate surface area is 239 Å². The number of aromatic nitrogens is 2. The highest BCUT2D eigenvalue weighted by Crippen LogP contribution is 2.46. The van der Waals surface area contributed by atoms with E-state index in [0.29, 0.717) is 36.3 Å². The molecule has 0 aliphatic heterocycles. The molecule has 1 aliphatic rings. The van der Waals surface area contributed by atoms with Crippen LogP contribution in [0.4, 0.5) is 24.8 Å². The molecule has 2 atom stereocenters. The lowest BCUT2D eigenvalue weighted by atomic mass is 9.70. The number of anilines is 2. The molecule has 1 saturated carbocycles. The average Bonchev–Trinajstić information content (AvgIpc) is 3.17. The summed E-state index contributed by atoms with van der Waals surface area (Å²) in [6.45, 7) is 12.7. The number of hydrogen-bond acceptors (Lipinski definition) is 6. The van der Waals surface area contributed by atoms with Gasteiger partial charge in [0.1, 0.15) is 17.1 Å². The topological polar surface area (TPSA) is 74.6 Å². The van der Waals surface area contributed by atoms with Crippen molar-refractivity contribution in [3.05, 3.63) is 42.5 Å². The van der Waals surface area contributed by atoms with Crippen molar-refractivity contribution in [2.45, 2.75) is 91.7 Å². The van der Waals surface area contributed by atoms with Crippen LogP contribution in [0.2, 0.25) is 0 Å². The summed E-state index contributed by atoms with van der Waals surface area (Å²) >= 11 is 0. The number of alkyl halides is 3. The number of carbonyl (C=O) groups is 1. The zero-order chi connectivity index (χ0) is 30.0. The van der Waals surface area contributed by atoms with Gasteiger partial charge in [0, 0.05) is 24.2 Å². The zero-order valence-electron chi connectivity index (χ0n) is 24.6. The minimum Gasteiger partial charge on any atom is -0.494 e. The third-order valence-corrected chi connectivity index (χ3v) is 6.95. The van der Waals surface area contributed by atoms with E-state index in [9.17, 15) is 18.0 Å². The highest BCUT2D eigenvalue weighted by atomic mass is 19.4. The quantitative estimate of drug-likeness (QED) is 0.204. The van der Waals surface area contributed by atoms with Crippen molar-refractivity contribution in [1.29, 1.82) is 0 Å². The van der Waals surface area contributed by atoms with Crippen molar-refractivity contribution in [3.63, 3.8) is 0 Å². The largest absolute Gasteiger partial charge is 0.573 e. The molecule has 224 valence electrons. The summed E-state index contributed by atoms with van der Waals surface area (Å²) in [6.07, 6.45) is -0.852. The van der Waals surface area contributed by atoms with Crippen molar-refractivity contribution in [2.75, 3.05) is 11.9 Å². The van der Waals surface area contributed by atoms with Crippen LogP contribution in [0.15, 0.2) is 42.5 Å². The summed E-state index contributed by atoms with van der Waals surface area (Å²) < 4.78 is 55.3. The highest BCUT2D eigenvalue weighted by molar-refractivity contribution is 5.81. The van der Waals surface area contributed by atoms with Crippen molar-refractivity contribution in [1.82, 2.24) is 9.55 Å². The highest BCUT2D eigenvalue weighted by Gasteiger charge is 2.35. The number of imidazole rings is 1. The average molecular weight is 576 g/mol. The van der Waals surface area contributed by atoms with Crippen molar-refractivity contribution < 1.29 is 32.2 Å². The van der Waals surface area contributed by atoms with E-state index in [0.717, 1.165) is 30.3 Å². The van der Waals surface area contributed by atoms with Gasteiger partial charge in [-0.3, -0.25) is 4.79 Å². The second-order valence-electron chi connectivity index (χ2n) is 12.8. The van der Waals surface area contributed by atoms with Gasteiger partial charge < -0.3 is 24.1 Å². The molecule has 0 spiro atoms. The molecule has 41 heavy (non-hydrogen) atoms. The van der Waals surface area contributed by atoms with E-state index in [1.807, 2.05) is 39.0 Å². The first-order valence-corrected chi connectivity index (χ1v) is 14.1. The number of hydrogen-bond donors (Lipinski definition) is 1. The van der Waals surface area contributed by atoms with Gasteiger partial charge in [-0.15, -0.1) is 13.2 Å². The first-order valence-electron chi connectivity index (χ1n) is 14.1. The molecular formula is C31H40F3N3O4. The van der Waals surface area contributed by atoms with Gasteiger partial charge in [0.25, 0.3) is 0 Å². The molecule has 0 saturated heterocycles. The summed E-state index contributed by atoms with van der Waals surface area (Å²) in [5, 5.41) is 3.32. The van der Waals surface area contributed by atoms with Crippen LogP contribution in [0, 0.1) is 11.3 Å². The molecule has 3 aromatic rings. The number of nitrogens with one attached hydrogen (secondary N) is 1. The molecule has 1 heterocycles. The Balaban J connectivity index is 1.56. The normalized spacial score (nSPS) is 19.1. The lowest BCUT2D eigenvalue weighted by Gasteiger charge is -2.40.